The van der Waals surface area contributed by atoms with Gasteiger partial charge in [-0.1, -0.05) is 36.4 Å². The Morgan fingerprint density at radius 3 is 2.50 bits per heavy atom. The van der Waals surface area contributed by atoms with E-state index in [1.165, 1.54) is 11.6 Å². The van der Waals surface area contributed by atoms with E-state index in [0.29, 0.717) is 6.04 Å². The van der Waals surface area contributed by atoms with Crippen molar-refractivity contribution < 1.29 is 4.39 Å². The van der Waals surface area contributed by atoms with Crippen LogP contribution in [-0.2, 0) is 0 Å². The van der Waals surface area contributed by atoms with Crippen LogP contribution in [0.2, 0.25) is 0 Å². The lowest BCUT2D eigenvalue weighted by Gasteiger charge is -2.23. The molecule has 3 heteroatoms. The predicted octanol–water partition coefficient (Wildman–Crippen LogP) is 3.61. The lowest BCUT2D eigenvalue weighted by molar-refractivity contribution is 0.549. The van der Waals surface area contributed by atoms with E-state index in [1.807, 2.05) is 26.2 Å². The van der Waals surface area contributed by atoms with Crippen molar-refractivity contribution in [3.05, 3.63) is 66.0 Å². The van der Waals surface area contributed by atoms with E-state index in [0.717, 1.165) is 18.7 Å². The fourth-order valence-corrected chi connectivity index (χ4v) is 2.33. The fourth-order valence-electron chi connectivity index (χ4n) is 2.33. The summed E-state index contributed by atoms with van der Waals surface area (Å²) in [5.41, 5.74) is 2.19. The molecule has 1 N–H and O–H groups in total. The number of halogens is 1. The molecule has 2 aromatic carbocycles. The number of hydrogen-bond donors (Lipinski definition) is 1. The first-order chi connectivity index (χ1) is 9.70. The highest BCUT2D eigenvalue weighted by Gasteiger charge is 2.10. The summed E-state index contributed by atoms with van der Waals surface area (Å²) in [5, 5.41) is 3.34. The lowest BCUT2D eigenvalue weighted by Crippen LogP contribution is -2.25. The minimum absolute atomic E-state index is 0.192. The van der Waals surface area contributed by atoms with E-state index in [1.54, 1.807) is 12.1 Å². The molecule has 20 heavy (non-hydrogen) atoms. The molecule has 0 fully saturated rings. The molecule has 0 aliphatic heterocycles. The van der Waals surface area contributed by atoms with Gasteiger partial charge >= 0.3 is 0 Å². The predicted molar refractivity (Wildman–Crippen MR) is 82.5 cm³/mol. The van der Waals surface area contributed by atoms with Gasteiger partial charge < -0.3 is 10.2 Å². The number of nitrogens with zero attached hydrogens (tertiary/aromatic N) is 1. The first-order valence-electron chi connectivity index (χ1n) is 6.89. The minimum atomic E-state index is -0.192. The topological polar surface area (TPSA) is 15.3 Å². The van der Waals surface area contributed by atoms with E-state index >= 15 is 0 Å². The zero-order chi connectivity index (χ0) is 14.4. The van der Waals surface area contributed by atoms with Crippen LogP contribution in [0.15, 0.2) is 54.6 Å². The minimum Gasteiger partial charge on any atom is -0.374 e. The smallest absolute Gasteiger partial charge is 0.125 e. The van der Waals surface area contributed by atoms with Crippen molar-refractivity contribution in [2.24, 2.45) is 0 Å². The molecule has 0 saturated heterocycles. The molecule has 0 saturated carbocycles. The normalized spacial score (nSPS) is 12.2. The average molecular weight is 272 g/mol. The van der Waals surface area contributed by atoms with Crippen molar-refractivity contribution in [1.29, 1.82) is 0 Å². The molecule has 2 aromatic rings. The molecule has 2 nitrogen and oxygen atoms in total. The second kappa shape index (κ2) is 7.06. The summed E-state index contributed by atoms with van der Waals surface area (Å²) in [7, 11) is 3.96. The highest BCUT2D eigenvalue weighted by Crippen LogP contribution is 2.19. The summed E-state index contributed by atoms with van der Waals surface area (Å²) < 4.78 is 13.2. The van der Waals surface area contributed by atoms with Crippen molar-refractivity contribution in [1.82, 2.24) is 5.32 Å². The Morgan fingerprint density at radius 2 is 1.85 bits per heavy atom. The van der Waals surface area contributed by atoms with Crippen molar-refractivity contribution in [2.45, 2.75) is 12.5 Å². The third kappa shape index (κ3) is 3.81. The summed E-state index contributed by atoms with van der Waals surface area (Å²) in [6.07, 6.45) is 0.966. The molecule has 0 amide bonds. The van der Waals surface area contributed by atoms with E-state index in [9.17, 15) is 4.39 Å². The molecular weight excluding hydrogens is 251 g/mol. The van der Waals surface area contributed by atoms with Crippen LogP contribution in [0.3, 0.4) is 0 Å². The van der Waals surface area contributed by atoms with Gasteiger partial charge in [0.15, 0.2) is 0 Å². The van der Waals surface area contributed by atoms with Crippen LogP contribution in [0.4, 0.5) is 10.1 Å². The number of hydrogen-bond acceptors (Lipinski definition) is 2. The maximum absolute atomic E-state index is 13.2. The van der Waals surface area contributed by atoms with E-state index in [4.69, 9.17) is 0 Å². The third-order valence-electron chi connectivity index (χ3n) is 3.55. The van der Waals surface area contributed by atoms with Gasteiger partial charge in [0.2, 0.25) is 0 Å². The quantitative estimate of drug-likeness (QED) is 0.864. The Balaban J connectivity index is 1.96. The average Bonchev–Trinajstić information content (AvgIpc) is 2.49. The van der Waals surface area contributed by atoms with Crippen molar-refractivity contribution in [2.75, 3.05) is 25.5 Å². The number of rotatable bonds is 6. The Bertz CT molecular complexity index is 528. The van der Waals surface area contributed by atoms with Gasteiger partial charge in [0.25, 0.3) is 0 Å². The number of nitrogens with one attached hydrogen (secondary N) is 1. The van der Waals surface area contributed by atoms with Gasteiger partial charge in [0.1, 0.15) is 5.82 Å². The third-order valence-corrected chi connectivity index (χ3v) is 3.55. The molecule has 0 spiro atoms. The number of benzene rings is 2. The fraction of sp³-hybridized carbons (Fsp3) is 0.294. The van der Waals surface area contributed by atoms with Crippen LogP contribution in [0.25, 0.3) is 0 Å². The van der Waals surface area contributed by atoms with Crippen LogP contribution in [-0.4, -0.2) is 20.6 Å². The maximum Gasteiger partial charge on any atom is 0.125 e. The second-order valence-electron chi connectivity index (χ2n) is 4.94. The molecule has 2 rings (SSSR count). The van der Waals surface area contributed by atoms with Gasteiger partial charge in [-0.3, -0.25) is 0 Å². The van der Waals surface area contributed by atoms with Crippen molar-refractivity contribution in [3.63, 3.8) is 0 Å². The van der Waals surface area contributed by atoms with Crippen molar-refractivity contribution in [3.8, 4) is 0 Å². The first kappa shape index (κ1) is 14.5. The van der Waals surface area contributed by atoms with Gasteiger partial charge in [-0.25, -0.2) is 4.39 Å². The molecule has 1 unspecified atom stereocenters. The Morgan fingerprint density at radius 1 is 1.10 bits per heavy atom. The summed E-state index contributed by atoms with van der Waals surface area (Å²) >= 11 is 0. The maximum atomic E-state index is 13.2. The van der Waals surface area contributed by atoms with Gasteiger partial charge in [0, 0.05) is 25.3 Å². The van der Waals surface area contributed by atoms with Crippen LogP contribution >= 0.6 is 0 Å². The molecule has 0 aliphatic rings. The van der Waals surface area contributed by atoms with Gasteiger partial charge in [-0.05, 0) is 37.2 Å². The Kier molecular flexibility index (Phi) is 5.13. The summed E-state index contributed by atoms with van der Waals surface area (Å²) in [4.78, 5) is 2.08. The van der Waals surface area contributed by atoms with Crippen LogP contribution in [0.1, 0.15) is 18.0 Å². The summed E-state index contributed by atoms with van der Waals surface area (Å²) in [5.74, 6) is -0.192. The van der Waals surface area contributed by atoms with Crippen LogP contribution in [0, 0.1) is 5.82 Å². The summed E-state index contributed by atoms with van der Waals surface area (Å²) in [6.45, 7) is 0.865. The van der Waals surface area contributed by atoms with Gasteiger partial charge in [0.05, 0.1) is 0 Å². The molecule has 0 aliphatic carbocycles. The van der Waals surface area contributed by atoms with Crippen molar-refractivity contribution >= 4 is 5.69 Å². The lowest BCUT2D eigenvalue weighted by atomic mass is 10.0. The highest BCUT2D eigenvalue weighted by atomic mass is 19.1. The molecule has 0 aromatic heterocycles. The van der Waals surface area contributed by atoms with E-state index in [-0.39, 0.29) is 5.82 Å². The van der Waals surface area contributed by atoms with E-state index < -0.39 is 0 Å². The van der Waals surface area contributed by atoms with Gasteiger partial charge in [-0.2, -0.15) is 0 Å². The molecule has 106 valence electrons. The van der Waals surface area contributed by atoms with Gasteiger partial charge in [-0.15, -0.1) is 0 Å². The Labute approximate surface area is 120 Å². The second-order valence-corrected chi connectivity index (χ2v) is 4.94. The highest BCUT2D eigenvalue weighted by molar-refractivity contribution is 5.45. The molecule has 0 heterocycles. The molecule has 1 atom stereocenters. The summed E-state index contributed by atoms with van der Waals surface area (Å²) in [6, 6.07) is 17.4. The zero-order valence-corrected chi connectivity index (χ0v) is 12.0. The Hall–Kier alpha value is -1.87. The monoisotopic (exact) mass is 272 g/mol. The molecule has 0 radical (unpaired) electrons. The zero-order valence-electron chi connectivity index (χ0n) is 12.0. The standard InChI is InChI=1S/C17H21FN2/c1-19-17(14-7-4-3-5-8-14)11-12-20(2)16-10-6-9-15(18)13-16/h3-10,13,17,19H,11-12H2,1-2H3. The van der Waals surface area contributed by atoms with Crippen LogP contribution < -0.4 is 10.2 Å². The largest absolute Gasteiger partial charge is 0.374 e. The SMILES string of the molecule is CNC(CCN(C)c1cccc(F)c1)c1ccccc1. The number of anilines is 1. The molecule has 0 bridgehead atoms. The van der Waals surface area contributed by atoms with Crippen LogP contribution in [0.5, 0.6) is 0 Å². The molecular formula is C17H21FN2. The van der Waals surface area contributed by atoms with E-state index in [2.05, 4.69) is 34.5 Å². The first-order valence-corrected chi connectivity index (χ1v) is 6.89.